The molecule has 3 radical (unpaired) electrons. The van der Waals surface area contributed by atoms with Crippen LogP contribution in [-0.4, -0.2) is 44.8 Å². The molecule has 285 valence electrons. The second-order valence-corrected chi connectivity index (χ2v) is 8.02. The summed E-state index contributed by atoms with van der Waals surface area (Å²) in [5, 5.41) is 8.78. The van der Waals surface area contributed by atoms with Crippen molar-refractivity contribution in [3.8, 4) is 0 Å². The molecule has 0 aliphatic rings. The third kappa shape index (κ3) is 75.5. The number of hydrogen-bond donors (Lipinski definition) is 3. The van der Waals surface area contributed by atoms with E-state index in [1.165, 1.54) is 11.1 Å². The van der Waals surface area contributed by atoms with E-state index in [1.807, 2.05) is 136 Å². The average Bonchev–Trinajstić information content (AvgIpc) is 3.15. The van der Waals surface area contributed by atoms with Gasteiger partial charge in [-0.15, -0.1) is 6.21 Å². The number of hydrogen-bond acceptors (Lipinski definition) is 6. The van der Waals surface area contributed by atoms with Gasteiger partial charge in [-0.1, -0.05) is 152 Å². The first-order valence-corrected chi connectivity index (χ1v) is 17.6. The summed E-state index contributed by atoms with van der Waals surface area (Å²) < 4.78 is 0. The number of benzene rings is 3. The topological polar surface area (TPSA) is 73.2 Å². The van der Waals surface area contributed by atoms with E-state index in [0.29, 0.717) is 0 Å². The smallest absolute Gasteiger partial charge is 0.0356 e. The molecule has 3 aromatic carbocycles. The van der Waals surface area contributed by atoms with Crippen LogP contribution in [0.1, 0.15) is 99.8 Å². The van der Waals surface area contributed by atoms with Gasteiger partial charge in [0.1, 0.15) is 0 Å². The molecule has 0 atom stereocenters. The van der Waals surface area contributed by atoms with Gasteiger partial charge in [0.15, 0.2) is 0 Å². The van der Waals surface area contributed by atoms with Crippen molar-refractivity contribution < 1.29 is 98.1 Å². The Morgan fingerprint density at radius 2 is 0.824 bits per heavy atom. The van der Waals surface area contributed by atoms with Gasteiger partial charge in [0, 0.05) is 111 Å². The molecule has 6 nitrogen and oxygen atoms in total. The van der Waals surface area contributed by atoms with Crippen molar-refractivity contribution in [3.63, 3.8) is 0 Å². The first kappa shape index (κ1) is 72.0. The molecule has 3 N–H and O–H groups in total. The van der Waals surface area contributed by atoms with Crippen LogP contribution in [0.5, 0.6) is 0 Å². The monoisotopic (exact) mass is 930 g/mol. The van der Waals surface area contributed by atoms with Crippen LogP contribution < -0.4 is 16.0 Å². The molecule has 3 aromatic rings. The molecule has 0 aliphatic heterocycles. The van der Waals surface area contributed by atoms with Crippen LogP contribution in [0.25, 0.3) is 0 Å². The molecule has 0 unspecified atom stereocenters. The van der Waals surface area contributed by atoms with Crippen molar-refractivity contribution >= 4 is 18.6 Å². The Kier molecular flexibility index (Phi) is 111. The van der Waals surface area contributed by atoms with Crippen LogP contribution in [0, 0.1) is 21.1 Å². The van der Waals surface area contributed by atoms with Gasteiger partial charge in [-0.2, -0.15) is 7.05 Å². The molecule has 0 fully saturated rings. The number of nitrogens with zero attached hydrogens (tertiary/aromatic N) is 3. The standard InChI is InChI=1S/2C8H10N.C8H8N.C4H11N.2C4H9N.3C2H6.3Y/c3*1-9-7-8-5-3-2-4-6-8;3*1-3-5-4-2;3*1-2;;;/h2*2-6,9H,1,7H2;2-7H,1H2;5H,3-4H2,1-2H3;2*3H,4H2,1-2H3;3*1-2H3;;;/q3*-1;;;;;;;;;. The van der Waals surface area contributed by atoms with Gasteiger partial charge >= 0.3 is 0 Å². The largest absolute Gasteiger partial charge is 0.469 e. The van der Waals surface area contributed by atoms with Crippen LogP contribution in [0.15, 0.2) is 106 Å². The predicted molar refractivity (Wildman–Crippen MR) is 224 cm³/mol. The molecule has 0 spiro atoms. The summed E-state index contributed by atoms with van der Waals surface area (Å²) in [6.45, 7) is 29.8. The zero-order chi connectivity index (χ0) is 37.9. The zero-order valence-corrected chi connectivity index (χ0v) is 43.3. The first-order chi connectivity index (χ1) is 23.5. The van der Waals surface area contributed by atoms with Crippen molar-refractivity contribution in [2.45, 2.75) is 96.2 Å². The summed E-state index contributed by atoms with van der Waals surface area (Å²) in [7, 11) is 10.4. The molecule has 9 heteroatoms. The van der Waals surface area contributed by atoms with Gasteiger partial charge in [0.2, 0.25) is 0 Å². The summed E-state index contributed by atoms with van der Waals surface area (Å²) in [6, 6.07) is 30.2. The molecule has 0 bridgehead atoms. The summed E-state index contributed by atoms with van der Waals surface area (Å²) in [5.41, 5.74) is 3.63. The summed E-state index contributed by atoms with van der Waals surface area (Å²) in [5.74, 6) is 0. The Labute approximate surface area is 394 Å². The van der Waals surface area contributed by atoms with Gasteiger partial charge < -0.3 is 20.9 Å². The van der Waals surface area contributed by atoms with Gasteiger partial charge in [-0.3, -0.25) is 24.1 Å². The molecule has 51 heavy (non-hydrogen) atoms. The SMILES string of the molecule is CC.CC.CC.CC=NCC.CC=NCC.CCNCC.[CH2-]N=Cc1ccccc1.[CH2-]NCc1ccccc1.[CH2-]NCc1ccccc1.[Y].[Y].[Y]. The fraction of sp³-hybridized carbons (Fsp3) is 0.429. The number of aliphatic imine (C=N–C) groups is 3. The zero-order valence-electron chi connectivity index (χ0n) is 34.8. The summed E-state index contributed by atoms with van der Waals surface area (Å²) in [4.78, 5) is 11.3. The Bertz CT molecular complexity index is 905. The summed E-state index contributed by atoms with van der Waals surface area (Å²) in [6.07, 6.45) is 5.33. The van der Waals surface area contributed by atoms with Crippen LogP contribution in [0.4, 0.5) is 0 Å². The normalized spacial score (nSPS) is 8.27. The van der Waals surface area contributed by atoms with Gasteiger partial charge in [-0.25, -0.2) is 0 Å². The fourth-order valence-corrected chi connectivity index (χ4v) is 2.74. The quantitative estimate of drug-likeness (QED) is 0.148. The van der Waals surface area contributed by atoms with E-state index in [-0.39, 0.29) is 98.1 Å². The minimum Gasteiger partial charge on any atom is -0.469 e. The predicted octanol–water partition coefficient (Wildman–Crippen LogP) is 10.9. The number of nitrogens with one attached hydrogen (secondary N) is 3. The van der Waals surface area contributed by atoms with Crippen molar-refractivity contribution in [2.24, 2.45) is 15.0 Å². The third-order valence-electron chi connectivity index (χ3n) is 4.61. The molecule has 0 amide bonds. The minimum atomic E-state index is 0. The third-order valence-corrected chi connectivity index (χ3v) is 4.61. The second-order valence-electron chi connectivity index (χ2n) is 8.02. The van der Waals surface area contributed by atoms with Crippen LogP contribution in [0.3, 0.4) is 0 Å². The second kappa shape index (κ2) is 78.7. The van der Waals surface area contributed by atoms with E-state index in [4.69, 9.17) is 0 Å². The van der Waals surface area contributed by atoms with E-state index in [0.717, 1.165) is 44.8 Å². The molecule has 3 rings (SSSR count). The Morgan fingerprint density at radius 3 is 1.00 bits per heavy atom. The van der Waals surface area contributed by atoms with Crippen LogP contribution in [-0.2, 0) is 111 Å². The van der Waals surface area contributed by atoms with Crippen molar-refractivity contribution in [3.05, 3.63) is 129 Å². The Balaban J connectivity index is -0.0000000579. The van der Waals surface area contributed by atoms with E-state index < -0.39 is 0 Å². The van der Waals surface area contributed by atoms with Crippen LogP contribution in [0.2, 0.25) is 0 Å². The van der Waals surface area contributed by atoms with E-state index >= 15 is 0 Å². The van der Waals surface area contributed by atoms with Gasteiger partial charge in [0.25, 0.3) is 0 Å². The summed E-state index contributed by atoms with van der Waals surface area (Å²) >= 11 is 0. The average molecular weight is 931 g/mol. The fourth-order valence-electron chi connectivity index (χ4n) is 2.74. The molecule has 0 saturated carbocycles. The van der Waals surface area contributed by atoms with E-state index in [2.05, 4.69) is 90.2 Å². The Hall–Kier alpha value is -0.268. The molecular formula is C42H75N6Y3-3. The molecule has 0 aliphatic carbocycles. The van der Waals surface area contributed by atoms with Gasteiger partial charge in [0.05, 0.1) is 0 Å². The van der Waals surface area contributed by atoms with E-state index in [1.54, 1.807) is 18.6 Å². The molecule has 0 heterocycles. The maximum atomic E-state index is 3.85. The van der Waals surface area contributed by atoms with Gasteiger partial charge in [-0.05, 0) is 77.4 Å². The minimum absolute atomic E-state index is 0. The van der Waals surface area contributed by atoms with Crippen LogP contribution >= 0.6 is 0 Å². The number of rotatable bonds is 9. The molecule has 0 aromatic heterocycles. The van der Waals surface area contributed by atoms with E-state index in [9.17, 15) is 0 Å². The molecule has 0 saturated heterocycles. The van der Waals surface area contributed by atoms with Crippen molar-refractivity contribution in [2.75, 3.05) is 26.2 Å². The van der Waals surface area contributed by atoms with Crippen molar-refractivity contribution in [1.82, 2.24) is 16.0 Å². The Morgan fingerprint density at radius 1 is 0.529 bits per heavy atom. The maximum Gasteiger partial charge on any atom is 0.0356 e. The maximum absolute atomic E-state index is 3.85. The van der Waals surface area contributed by atoms with Crippen molar-refractivity contribution in [1.29, 1.82) is 0 Å². The first-order valence-electron chi connectivity index (χ1n) is 17.6. The molecular weight excluding hydrogens is 855 g/mol.